The molecule has 0 atom stereocenters. The van der Waals surface area contributed by atoms with E-state index >= 15 is 0 Å². The molecule has 1 aromatic carbocycles. The topological polar surface area (TPSA) is 66.5 Å². The largest absolute Gasteiger partial charge is 0.341 e. The molecule has 0 unspecified atom stereocenters. The maximum atomic E-state index is 12.8. The number of hydrogen-bond acceptors (Lipinski definition) is 4. The van der Waals surface area contributed by atoms with Gasteiger partial charge in [-0.05, 0) is 36.4 Å². The molecule has 1 heterocycles. The van der Waals surface area contributed by atoms with E-state index in [0.717, 1.165) is 17.0 Å². The Hall–Kier alpha value is -1.48. The van der Waals surface area contributed by atoms with Crippen molar-refractivity contribution in [1.82, 2.24) is 9.62 Å². The molecule has 0 bridgehead atoms. The molecule has 2 aromatic rings. The lowest BCUT2D eigenvalue weighted by atomic mass is 10.3. The van der Waals surface area contributed by atoms with E-state index < -0.39 is 15.8 Å². The quantitative estimate of drug-likeness (QED) is 0.790. The van der Waals surface area contributed by atoms with Crippen molar-refractivity contribution in [2.24, 2.45) is 0 Å². The standard InChI is InChI=1S/C15H16ClFN2O3S2/c1-19(10-12-4-7-14(16)23-12)15(20)8-9-18-24(21,22)13-5-2-11(17)3-6-13/h2-7,18H,8-10H2,1H3. The van der Waals surface area contributed by atoms with E-state index in [1.807, 2.05) is 6.07 Å². The summed E-state index contributed by atoms with van der Waals surface area (Å²) in [6.45, 7) is 0.384. The molecule has 0 aliphatic carbocycles. The molecular formula is C15H16ClFN2O3S2. The SMILES string of the molecule is CN(Cc1ccc(Cl)s1)C(=O)CCNS(=O)(=O)c1ccc(F)cc1. The number of hydrogen-bond donors (Lipinski definition) is 1. The van der Waals surface area contributed by atoms with Crippen molar-refractivity contribution < 1.29 is 17.6 Å². The van der Waals surface area contributed by atoms with Gasteiger partial charge >= 0.3 is 0 Å². The molecule has 2 rings (SSSR count). The smallest absolute Gasteiger partial charge is 0.240 e. The van der Waals surface area contributed by atoms with Gasteiger partial charge in [-0.1, -0.05) is 11.6 Å². The highest BCUT2D eigenvalue weighted by molar-refractivity contribution is 7.89. The highest BCUT2D eigenvalue weighted by Crippen LogP contribution is 2.22. The fourth-order valence-electron chi connectivity index (χ4n) is 1.94. The molecule has 5 nitrogen and oxygen atoms in total. The van der Waals surface area contributed by atoms with Crippen LogP contribution in [-0.2, 0) is 21.4 Å². The lowest BCUT2D eigenvalue weighted by molar-refractivity contribution is -0.130. The monoisotopic (exact) mass is 390 g/mol. The first-order chi connectivity index (χ1) is 11.3. The van der Waals surface area contributed by atoms with Gasteiger partial charge < -0.3 is 4.90 Å². The van der Waals surface area contributed by atoms with Crippen LogP contribution >= 0.6 is 22.9 Å². The second-order valence-corrected chi connectivity index (χ2v) is 8.62. The van der Waals surface area contributed by atoms with Crippen molar-refractivity contribution in [3.05, 3.63) is 51.4 Å². The lowest BCUT2D eigenvalue weighted by Crippen LogP contribution is -2.31. The fraction of sp³-hybridized carbons (Fsp3) is 0.267. The third-order valence-electron chi connectivity index (χ3n) is 3.20. The van der Waals surface area contributed by atoms with Gasteiger partial charge in [0.2, 0.25) is 15.9 Å². The minimum Gasteiger partial charge on any atom is -0.341 e. The van der Waals surface area contributed by atoms with Gasteiger partial charge in [0.05, 0.1) is 15.8 Å². The number of carbonyl (C=O) groups excluding carboxylic acids is 1. The minimum atomic E-state index is -3.76. The average Bonchev–Trinajstić information content (AvgIpc) is 2.92. The summed E-state index contributed by atoms with van der Waals surface area (Å²) in [6.07, 6.45) is 0.0238. The number of benzene rings is 1. The van der Waals surface area contributed by atoms with E-state index in [1.54, 1.807) is 13.1 Å². The molecule has 0 saturated heterocycles. The number of carbonyl (C=O) groups is 1. The van der Waals surface area contributed by atoms with Crippen molar-refractivity contribution >= 4 is 38.9 Å². The summed E-state index contributed by atoms with van der Waals surface area (Å²) in [4.78, 5) is 14.4. The van der Waals surface area contributed by atoms with E-state index in [2.05, 4.69) is 4.72 Å². The first-order valence-electron chi connectivity index (χ1n) is 7.01. The predicted molar refractivity (Wildman–Crippen MR) is 92.0 cm³/mol. The van der Waals surface area contributed by atoms with Crippen LogP contribution in [0.3, 0.4) is 0 Å². The van der Waals surface area contributed by atoms with Crippen LogP contribution in [0.15, 0.2) is 41.3 Å². The Morgan fingerprint density at radius 1 is 1.25 bits per heavy atom. The molecular weight excluding hydrogens is 375 g/mol. The summed E-state index contributed by atoms with van der Waals surface area (Å²) in [5, 5.41) is 0. The highest BCUT2D eigenvalue weighted by atomic mass is 35.5. The van der Waals surface area contributed by atoms with E-state index in [9.17, 15) is 17.6 Å². The molecule has 130 valence electrons. The summed E-state index contributed by atoms with van der Waals surface area (Å²) in [5.74, 6) is -0.708. The molecule has 0 spiro atoms. The first-order valence-corrected chi connectivity index (χ1v) is 9.69. The van der Waals surface area contributed by atoms with Gasteiger partial charge in [-0.15, -0.1) is 11.3 Å². The molecule has 1 amide bonds. The Morgan fingerprint density at radius 2 is 1.92 bits per heavy atom. The third-order valence-corrected chi connectivity index (χ3v) is 5.90. The second kappa shape index (κ2) is 8.06. The lowest BCUT2D eigenvalue weighted by Gasteiger charge is -2.16. The van der Waals surface area contributed by atoms with Crippen LogP contribution in [0.25, 0.3) is 0 Å². The number of thiophene rings is 1. The van der Waals surface area contributed by atoms with Gasteiger partial charge in [0.1, 0.15) is 5.82 Å². The number of sulfonamides is 1. The molecule has 0 radical (unpaired) electrons. The number of nitrogens with zero attached hydrogens (tertiary/aromatic N) is 1. The number of nitrogens with one attached hydrogen (secondary N) is 1. The van der Waals surface area contributed by atoms with Gasteiger partial charge in [-0.2, -0.15) is 0 Å². The van der Waals surface area contributed by atoms with E-state index in [1.165, 1.54) is 28.4 Å². The van der Waals surface area contributed by atoms with E-state index in [4.69, 9.17) is 11.6 Å². The maximum Gasteiger partial charge on any atom is 0.240 e. The molecule has 0 saturated carbocycles. The van der Waals surface area contributed by atoms with Crippen LogP contribution in [0.2, 0.25) is 4.34 Å². The third kappa shape index (κ3) is 5.27. The normalized spacial score (nSPS) is 11.5. The van der Waals surface area contributed by atoms with Gasteiger partial charge in [0, 0.05) is 24.9 Å². The van der Waals surface area contributed by atoms with Crippen LogP contribution < -0.4 is 4.72 Å². The van der Waals surface area contributed by atoms with Crippen molar-refractivity contribution in [2.75, 3.05) is 13.6 Å². The number of rotatable bonds is 7. The Bertz CT molecular complexity index is 806. The molecule has 1 aromatic heterocycles. The Labute approximate surface area is 149 Å². The van der Waals surface area contributed by atoms with Crippen molar-refractivity contribution in [1.29, 1.82) is 0 Å². The molecule has 0 aliphatic heterocycles. The van der Waals surface area contributed by atoms with Crippen molar-refractivity contribution in [2.45, 2.75) is 17.9 Å². The van der Waals surface area contributed by atoms with Crippen LogP contribution in [-0.4, -0.2) is 32.8 Å². The summed E-state index contributed by atoms with van der Waals surface area (Å²) in [5.41, 5.74) is 0. The molecule has 0 fully saturated rings. The maximum absolute atomic E-state index is 12.8. The van der Waals surface area contributed by atoms with Crippen molar-refractivity contribution in [3.63, 3.8) is 0 Å². The molecule has 24 heavy (non-hydrogen) atoms. The zero-order valence-corrected chi connectivity index (χ0v) is 15.2. The highest BCUT2D eigenvalue weighted by Gasteiger charge is 2.16. The number of amides is 1. The van der Waals surface area contributed by atoms with Crippen LogP contribution in [0, 0.1) is 5.82 Å². The molecule has 0 aliphatic rings. The fourth-order valence-corrected chi connectivity index (χ4v) is 4.11. The summed E-state index contributed by atoms with van der Waals surface area (Å²) in [6, 6.07) is 8.09. The summed E-state index contributed by atoms with van der Waals surface area (Å²) >= 11 is 7.23. The van der Waals surface area contributed by atoms with Gasteiger partial charge in [0.15, 0.2) is 0 Å². The van der Waals surface area contributed by atoms with Gasteiger partial charge in [-0.3, -0.25) is 4.79 Å². The Morgan fingerprint density at radius 3 is 2.50 bits per heavy atom. The molecule has 1 N–H and O–H groups in total. The van der Waals surface area contributed by atoms with Crippen LogP contribution in [0.4, 0.5) is 4.39 Å². The van der Waals surface area contributed by atoms with Crippen molar-refractivity contribution in [3.8, 4) is 0 Å². The summed E-state index contributed by atoms with van der Waals surface area (Å²) in [7, 11) is -2.11. The van der Waals surface area contributed by atoms with Crippen LogP contribution in [0.1, 0.15) is 11.3 Å². The van der Waals surface area contributed by atoms with Gasteiger partial charge in [-0.25, -0.2) is 17.5 Å². The summed E-state index contributed by atoms with van der Waals surface area (Å²) < 4.78 is 39.8. The zero-order valence-electron chi connectivity index (χ0n) is 12.8. The first kappa shape index (κ1) is 18.9. The zero-order chi connectivity index (χ0) is 17.7. The predicted octanol–water partition coefficient (Wildman–Crippen LogP) is 2.87. The Balaban J connectivity index is 1.84. The van der Waals surface area contributed by atoms with Gasteiger partial charge in [0.25, 0.3) is 0 Å². The van der Waals surface area contributed by atoms with E-state index in [0.29, 0.717) is 10.9 Å². The minimum absolute atomic E-state index is 0.0238. The number of halogens is 2. The van der Waals surface area contributed by atoms with Crippen LogP contribution in [0.5, 0.6) is 0 Å². The van der Waals surface area contributed by atoms with E-state index in [-0.39, 0.29) is 23.8 Å². The average molecular weight is 391 g/mol. The molecule has 9 heteroatoms. The Kier molecular flexibility index (Phi) is 6.34. The second-order valence-electron chi connectivity index (χ2n) is 5.06.